The second-order valence-corrected chi connectivity index (χ2v) is 3.56. The molecule has 70 valence electrons. The highest BCUT2D eigenvalue weighted by atomic mass is 19.3. The number of carbonyl (C=O) groups is 1. The summed E-state index contributed by atoms with van der Waals surface area (Å²) in [7, 11) is 0. The zero-order valence-electron chi connectivity index (χ0n) is 6.89. The van der Waals surface area contributed by atoms with Crippen LogP contribution < -0.4 is 0 Å². The van der Waals surface area contributed by atoms with Gasteiger partial charge in [-0.3, -0.25) is 4.79 Å². The van der Waals surface area contributed by atoms with E-state index in [-0.39, 0.29) is 5.92 Å². The van der Waals surface area contributed by atoms with Crippen molar-refractivity contribution in [2.45, 2.75) is 32.1 Å². The predicted octanol–water partition coefficient (Wildman–Crippen LogP) is 2.14. The monoisotopic (exact) mass is 178 g/mol. The van der Waals surface area contributed by atoms with E-state index in [4.69, 9.17) is 5.11 Å². The summed E-state index contributed by atoms with van der Waals surface area (Å²) < 4.78 is 24.9. The average molecular weight is 178 g/mol. The smallest absolute Gasteiger partial charge is 0.306 e. The van der Waals surface area contributed by atoms with Gasteiger partial charge in [0.05, 0.1) is 5.92 Å². The van der Waals surface area contributed by atoms with Crippen LogP contribution in [-0.2, 0) is 4.79 Å². The van der Waals surface area contributed by atoms with Crippen molar-refractivity contribution in [3.05, 3.63) is 0 Å². The van der Waals surface area contributed by atoms with E-state index in [2.05, 4.69) is 0 Å². The van der Waals surface area contributed by atoms with Crippen LogP contribution in [0.1, 0.15) is 26.2 Å². The third-order valence-electron chi connectivity index (χ3n) is 2.09. The molecule has 1 N–H and O–H groups in total. The Morgan fingerprint density at radius 3 is 2.42 bits per heavy atom. The zero-order valence-corrected chi connectivity index (χ0v) is 6.89. The highest BCUT2D eigenvalue weighted by Gasteiger charge is 2.41. The van der Waals surface area contributed by atoms with E-state index in [0.29, 0.717) is 0 Å². The van der Waals surface area contributed by atoms with Crippen LogP contribution in [0.25, 0.3) is 0 Å². The summed E-state index contributed by atoms with van der Waals surface area (Å²) in [6.07, 6.45) is 1.05. The molecule has 1 aliphatic carbocycles. The summed E-state index contributed by atoms with van der Waals surface area (Å²) in [5, 5.41) is 8.61. The highest BCUT2D eigenvalue weighted by molar-refractivity contribution is 5.70. The van der Waals surface area contributed by atoms with Gasteiger partial charge in [-0.05, 0) is 25.7 Å². The van der Waals surface area contributed by atoms with E-state index in [0.717, 1.165) is 19.8 Å². The normalized spacial score (nSPS) is 20.6. The molecule has 1 atom stereocenters. The topological polar surface area (TPSA) is 37.3 Å². The van der Waals surface area contributed by atoms with E-state index >= 15 is 0 Å². The molecule has 1 fully saturated rings. The lowest BCUT2D eigenvalue weighted by Crippen LogP contribution is -2.24. The molecular formula is C8H12F2O2. The third-order valence-corrected chi connectivity index (χ3v) is 2.09. The van der Waals surface area contributed by atoms with Crippen molar-refractivity contribution in [1.82, 2.24) is 0 Å². The first-order valence-electron chi connectivity index (χ1n) is 4.01. The summed E-state index contributed by atoms with van der Waals surface area (Å²) >= 11 is 0. The molecule has 0 spiro atoms. The Balaban J connectivity index is 2.49. The van der Waals surface area contributed by atoms with Gasteiger partial charge < -0.3 is 5.11 Å². The van der Waals surface area contributed by atoms with Crippen molar-refractivity contribution in [3.63, 3.8) is 0 Å². The van der Waals surface area contributed by atoms with Gasteiger partial charge in [-0.25, -0.2) is 8.78 Å². The maximum Gasteiger partial charge on any atom is 0.306 e. The fourth-order valence-corrected chi connectivity index (χ4v) is 1.34. The number of halogens is 2. The van der Waals surface area contributed by atoms with Gasteiger partial charge in [0.15, 0.2) is 0 Å². The number of carboxylic acids is 1. The summed E-state index contributed by atoms with van der Waals surface area (Å²) in [6, 6.07) is 0. The van der Waals surface area contributed by atoms with Gasteiger partial charge >= 0.3 is 5.97 Å². The lowest BCUT2D eigenvalue weighted by Gasteiger charge is -2.15. The molecule has 0 heterocycles. The second kappa shape index (κ2) is 2.99. The minimum Gasteiger partial charge on any atom is -0.481 e. The predicted molar refractivity (Wildman–Crippen MR) is 39.1 cm³/mol. The fourth-order valence-electron chi connectivity index (χ4n) is 1.34. The fraction of sp³-hybridized carbons (Fsp3) is 0.875. The number of rotatable bonds is 4. The molecule has 4 heteroatoms. The Hall–Kier alpha value is -0.670. The molecule has 0 amide bonds. The lowest BCUT2D eigenvalue weighted by molar-refractivity contribution is -0.146. The molecule has 0 bridgehead atoms. The van der Waals surface area contributed by atoms with Crippen LogP contribution in [0.2, 0.25) is 0 Å². The zero-order chi connectivity index (χ0) is 9.35. The maximum atomic E-state index is 12.5. The molecule has 0 aromatic carbocycles. The van der Waals surface area contributed by atoms with Gasteiger partial charge in [0.1, 0.15) is 0 Å². The summed E-state index contributed by atoms with van der Waals surface area (Å²) in [6.45, 7) is 0.769. The van der Waals surface area contributed by atoms with Gasteiger partial charge in [-0.15, -0.1) is 0 Å². The van der Waals surface area contributed by atoms with Crippen molar-refractivity contribution < 1.29 is 18.7 Å². The van der Waals surface area contributed by atoms with Gasteiger partial charge in [-0.2, -0.15) is 0 Å². The first-order valence-corrected chi connectivity index (χ1v) is 4.01. The molecule has 1 aliphatic rings. The maximum absolute atomic E-state index is 12.5. The Morgan fingerprint density at radius 1 is 1.67 bits per heavy atom. The SMILES string of the molecule is CC(F)(F)CC(C(=O)O)C1CC1. The minimum absolute atomic E-state index is 0.00618. The highest BCUT2D eigenvalue weighted by Crippen LogP contribution is 2.41. The van der Waals surface area contributed by atoms with E-state index in [1.807, 2.05) is 0 Å². The summed E-state index contributed by atoms with van der Waals surface area (Å²) in [5.74, 6) is -4.79. The number of aliphatic carboxylic acids is 1. The molecule has 0 aliphatic heterocycles. The van der Waals surface area contributed by atoms with Crippen molar-refractivity contribution in [2.24, 2.45) is 11.8 Å². The Morgan fingerprint density at radius 2 is 2.17 bits per heavy atom. The molecule has 1 unspecified atom stereocenters. The molecule has 0 aromatic rings. The Bertz CT molecular complexity index is 182. The van der Waals surface area contributed by atoms with Crippen LogP contribution in [-0.4, -0.2) is 17.0 Å². The Labute approximate surface area is 69.6 Å². The summed E-state index contributed by atoms with van der Waals surface area (Å²) in [4.78, 5) is 10.5. The third kappa shape index (κ3) is 2.75. The number of hydrogen-bond acceptors (Lipinski definition) is 1. The lowest BCUT2D eigenvalue weighted by atomic mass is 9.97. The van der Waals surface area contributed by atoms with Crippen LogP contribution in [0.4, 0.5) is 8.78 Å². The number of hydrogen-bond donors (Lipinski definition) is 1. The van der Waals surface area contributed by atoms with Gasteiger partial charge in [0.25, 0.3) is 0 Å². The van der Waals surface area contributed by atoms with E-state index < -0.39 is 24.2 Å². The molecular weight excluding hydrogens is 166 g/mol. The number of carboxylic acid groups (broad SMARTS) is 1. The molecule has 1 rings (SSSR count). The van der Waals surface area contributed by atoms with Crippen LogP contribution in [0.3, 0.4) is 0 Å². The molecule has 0 aromatic heterocycles. The van der Waals surface area contributed by atoms with E-state index in [1.54, 1.807) is 0 Å². The standard InChI is InChI=1S/C8H12F2O2/c1-8(9,10)4-6(7(11)12)5-2-3-5/h5-6H,2-4H2,1H3,(H,11,12). The molecule has 1 saturated carbocycles. The molecule has 0 radical (unpaired) electrons. The first-order chi connectivity index (χ1) is 5.40. The molecule has 12 heavy (non-hydrogen) atoms. The minimum atomic E-state index is -2.86. The van der Waals surface area contributed by atoms with Crippen molar-refractivity contribution in [2.75, 3.05) is 0 Å². The molecule has 2 nitrogen and oxygen atoms in total. The van der Waals surface area contributed by atoms with Crippen LogP contribution >= 0.6 is 0 Å². The van der Waals surface area contributed by atoms with E-state index in [9.17, 15) is 13.6 Å². The van der Waals surface area contributed by atoms with Crippen molar-refractivity contribution in [3.8, 4) is 0 Å². The Kier molecular flexibility index (Phi) is 2.35. The van der Waals surface area contributed by atoms with Crippen molar-refractivity contribution >= 4 is 5.97 Å². The summed E-state index contributed by atoms with van der Waals surface area (Å²) in [5.41, 5.74) is 0. The first kappa shape index (κ1) is 9.42. The van der Waals surface area contributed by atoms with Crippen LogP contribution in [0, 0.1) is 11.8 Å². The van der Waals surface area contributed by atoms with Gasteiger partial charge in [-0.1, -0.05) is 0 Å². The second-order valence-electron chi connectivity index (χ2n) is 3.56. The largest absolute Gasteiger partial charge is 0.481 e. The van der Waals surface area contributed by atoms with Crippen LogP contribution in [0.5, 0.6) is 0 Å². The quantitative estimate of drug-likeness (QED) is 0.716. The van der Waals surface area contributed by atoms with E-state index in [1.165, 1.54) is 0 Å². The van der Waals surface area contributed by atoms with Crippen molar-refractivity contribution in [1.29, 1.82) is 0 Å². The van der Waals surface area contributed by atoms with Gasteiger partial charge in [0, 0.05) is 6.42 Å². The van der Waals surface area contributed by atoms with Crippen LogP contribution in [0.15, 0.2) is 0 Å². The number of alkyl halides is 2. The molecule has 0 saturated heterocycles. The average Bonchev–Trinajstić information content (AvgIpc) is 2.61. The van der Waals surface area contributed by atoms with Gasteiger partial charge in [0.2, 0.25) is 5.92 Å².